The van der Waals surface area contributed by atoms with E-state index < -0.39 is 5.82 Å². The minimum atomic E-state index is -0.475. The van der Waals surface area contributed by atoms with Gasteiger partial charge in [0.1, 0.15) is 18.0 Å². The average Bonchev–Trinajstić information content (AvgIpc) is 2.82. The van der Waals surface area contributed by atoms with Crippen LogP contribution < -0.4 is 10.6 Å². The summed E-state index contributed by atoms with van der Waals surface area (Å²) in [4.78, 5) is 25.2. The van der Waals surface area contributed by atoms with Crippen molar-refractivity contribution in [2.24, 2.45) is 0 Å². The number of amides is 1. The van der Waals surface area contributed by atoms with Crippen LogP contribution >= 0.6 is 0 Å². The fourth-order valence-electron chi connectivity index (χ4n) is 3.56. The van der Waals surface area contributed by atoms with Crippen LogP contribution in [0.4, 0.5) is 10.2 Å². The number of hydrogen-bond acceptors (Lipinski definition) is 7. The summed E-state index contributed by atoms with van der Waals surface area (Å²) in [5.74, 6) is -0.207. The van der Waals surface area contributed by atoms with Crippen LogP contribution in [0, 0.1) is 12.7 Å². The van der Waals surface area contributed by atoms with Crippen LogP contribution in [-0.2, 0) is 0 Å². The number of pyridine rings is 1. The Labute approximate surface area is 184 Å². The van der Waals surface area contributed by atoms with Crippen molar-refractivity contribution in [3.63, 3.8) is 0 Å². The molecule has 162 valence electrons. The summed E-state index contributed by atoms with van der Waals surface area (Å²) in [6.45, 7) is 4.40. The molecule has 1 aromatic carbocycles. The van der Waals surface area contributed by atoms with Crippen molar-refractivity contribution >= 4 is 22.6 Å². The summed E-state index contributed by atoms with van der Waals surface area (Å²) >= 11 is 0. The molecule has 3 heterocycles. The van der Waals surface area contributed by atoms with Crippen molar-refractivity contribution in [3.05, 3.63) is 71.7 Å². The molecule has 1 unspecified atom stereocenters. The van der Waals surface area contributed by atoms with Gasteiger partial charge in [-0.1, -0.05) is 13.0 Å². The normalized spacial score (nSPS) is 11.9. The van der Waals surface area contributed by atoms with Crippen LogP contribution in [0.1, 0.15) is 34.5 Å². The van der Waals surface area contributed by atoms with E-state index >= 15 is 0 Å². The van der Waals surface area contributed by atoms with Crippen LogP contribution in [0.2, 0.25) is 0 Å². The molecule has 0 aliphatic heterocycles. The van der Waals surface area contributed by atoms with Gasteiger partial charge >= 0.3 is 0 Å². The molecule has 0 fully saturated rings. The van der Waals surface area contributed by atoms with Crippen LogP contribution in [0.15, 0.2) is 49.1 Å². The summed E-state index contributed by atoms with van der Waals surface area (Å²) in [6, 6.07) is 8.36. The molecule has 9 heteroatoms. The lowest BCUT2D eigenvalue weighted by atomic mass is 9.95. The quantitative estimate of drug-likeness (QED) is 0.481. The molecule has 4 aromatic rings. The number of aromatic nitrogens is 5. The highest BCUT2D eigenvalue weighted by molar-refractivity contribution is 6.06. The van der Waals surface area contributed by atoms with Gasteiger partial charge in [-0.2, -0.15) is 10.2 Å². The lowest BCUT2D eigenvalue weighted by Crippen LogP contribution is -2.19. The van der Waals surface area contributed by atoms with Gasteiger partial charge in [0.2, 0.25) is 0 Å². The molecule has 8 nitrogen and oxygen atoms in total. The molecular formula is C23H22FN7O. The van der Waals surface area contributed by atoms with Crippen LogP contribution in [-0.4, -0.2) is 44.6 Å². The van der Waals surface area contributed by atoms with Crippen molar-refractivity contribution in [3.8, 4) is 11.3 Å². The topological polar surface area (TPSA) is 106 Å². The number of nitrogens with one attached hydrogen (secondary N) is 2. The van der Waals surface area contributed by atoms with Crippen molar-refractivity contribution < 1.29 is 9.18 Å². The lowest BCUT2D eigenvalue weighted by molar-refractivity contribution is 0.0964. The summed E-state index contributed by atoms with van der Waals surface area (Å²) < 4.78 is 14.6. The fourth-order valence-corrected chi connectivity index (χ4v) is 3.56. The molecule has 0 spiro atoms. The first-order chi connectivity index (χ1) is 15.5. The minimum Gasteiger partial charge on any atom is -0.369 e. The Balaban J connectivity index is 1.59. The van der Waals surface area contributed by atoms with Crippen molar-refractivity contribution in [2.75, 3.05) is 18.9 Å². The smallest absolute Gasteiger partial charge is 0.251 e. The van der Waals surface area contributed by atoms with Gasteiger partial charge in [-0.05, 0) is 30.7 Å². The maximum atomic E-state index is 14.6. The minimum absolute atomic E-state index is 0.0335. The van der Waals surface area contributed by atoms with E-state index in [1.165, 1.54) is 31.7 Å². The van der Waals surface area contributed by atoms with E-state index in [1.807, 2.05) is 26.0 Å². The van der Waals surface area contributed by atoms with Gasteiger partial charge in [0.15, 0.2) is 0 Å². The summed E-state index contributed by atoms with van der Waals surface area (Å²) in [6.07, 6.45) is 4.67. The maximum absolute atomic E-state index is 14.6. The molecule has 32 heavy (non-hydrogen) atoms. The number of aryl methyl sites for hydroxylation is 1. The van der Waals surface area contributed by atoms with E-state index in [4.69, 9.17) is 0 Å². The van der Waals surface area contributed by atoms with Crippen LogP contribution in [0.25, 0.3) is 22.2 Å². The van der Waals surface area contributed by atoms with Gasteiger partial charge in [-0.25, -0.2) is 14.4 Å². The van der Waals surface area contributed by atoms with E-state index in [2.05, 4.69) is 35.8 Å². The van der Waals surface area contributed by atoms with E-state index in [-0.39, 0.29) is 22.8 Å². The Hall–Kier alpha value is -4.01. The monoisotopic (exact) mass is 431 g/mol. The lowest BCUT2D eigenvalue weighted by Gasteiger charge is -2.17. The molecule has 4 rings (SSSR count). The third-order valence-electron chi connectivity index (χ3n) is 5.20. The number of carbonyl (C=O) groups excluding carboxylic acids is 1. The van der Waals surface area contributed by atoms with Crippen molar-refractivity contribution in [1.29, 1.82) is 0 Å². The molecule has 0 aliphatic rings. The van der Waals surface area contributed by atoms with Gasteiger partial charge in [0, 0.05) is 42.7 Å². The second-order valence-corrected chi connectivity index (χ2v) is 7.45. The summed E-state index contributed by atoms with van der Waals surface area (Å²) in [5.41, 5.74) is 3.96. The molecule has 1 atom stereocenters. The van der Waals surface area contributed by atoms with Gasteiger partial charge in [0.05, 0.1) is 28.7 Å². The predicted octanol–water partition coefficient (Wildman–Crippen LogP) is 3.50. The standard InChI is InChI=1S/C23H22FN7O/c1-13(10-27-20-9-19(28-12-29-20)15-8-14(2)31-30-11-15)16-4-5-18(24)21-17(23(32)25-3)6-7-26-22(16)21/h4-9,11-13H,10H2,1-3H3,(H,25,32)(H,27,28,29). The largest absolute Gasteiger partial charge is 0.369 e. The second-order valence-electron chi connectivity index (χ2n) is 7.45. The molecule has 0 aliphatic carbocycles. The van der Waals surface area contributed by atoms with Gasteiger partial charge < -0.3 is 10.6 Å². The second kappa shape index (κ2) is 9.01. The predicted molar refractivity (Wildman–Crippen MR) is 120 cm³/mol. The SMILES string of the molecule is CNC(=O)c1ccnc2c(C(C)CNc3cc(-c4cnnc(C)c4)ncn3)ccc(F)c12. The molecular weight excluding hydrogens is 409 g/mol. The molecule has 0 bridgehead atoms. The van der Waals surface area contributed by atoms with E-state index in [0.29, 0.717) is 17.9 Å². The number of benzene rings is 1. The zero-order chi connectivity index (χ0) is 22.7. The van der Waals surface area contributed by atoms with E-state index in [9.17, 15) is 9.18 Å². The third-order valence-corrected chi connectivity index (χ3v) is 5.20. The molecule has 2 N–H and O–H groups in total. The first-order valence-corrected chi connectivity index (χ1v) is 10.1. The highest BCUT2D eigenvalue weighted by atomic mass is 19.1. The molecule has 1 amide bonds. The van der Waals surface area contributed by atoms with Crippen LogP contribution in [0.5, 0.6) is 0 Å². The first-order valence-electron chi connectivity index (χ1n) is 10.1. The van der Waals surface area contributed by atoms with Crippen LogP contribution in [0.3, 0.4) is 0 Å². The maximum Gasteiger partial charge on any atom is 0.251 e. The number of anilines is 1. The number of hydrogen-bond donors (Lipinski definition) is 2. The Morgan fingerprint density at radius 3 is 2.78 bits per heavy atom. The Morgan fingerprint density at radius 1 is 1.16 bits per heavy atom. The Bertz CT molecular complexity index is 1290. The highest BCUT2D eigenvalue weighted by Gasteiger charge is 2.18. The molecule has 3 aromatic heterocycles. The van der Waals surface area contributed by atoms with E-state index in [0.717, 1.165) is 22.5 Å². The first kappa shape index (κ1) is 21.2. The molecule has 0 saturated carbocycles. The van der Waals surface area contributed by atoms with Gasteiger partial charge in [-0.15, -0.1) is 0 Å². The number of fused-ring (bicyclic) bond motifs is 1. The van der Waals surface area contributed by atoms with Crippen molar-refractivity contribution in [1.82, 2.24) is 30.5 Å². The van der Waals surface area contributed by atoms with Gasteiger partial charge in [-0.3, -0.25) is 9.78 Å². The number of rotatable bonds is 6. The van der Waals surface area contributed by atoms with Crippen molar-refractivity contribution in [2.45, 2.75) is 19.8 Å². The third kappa shape index (κ3) is 4.22. The summed E-state index contributed by atoms with van der Waals surface area (Å²) in [5, 5.41) is 14.0. The Kier molecular flexibility index (Phi) is 5.98. The van der Waals surface area contributed by atoms with Gasteiger partial charge in [0.25, 0.3) is 5.91 Å². The summed E-state index contributed by atoms with van der Waals surface area (Å²) in [7, 11) is 1.52. The highest BCUT2D eigenvalue weighted by Crippen LogP contribution is 2.29. The number of nitrogens with zero attached hydrogens (tertiary/aromatic N) is 5. The zero-order valence-electron chi connectivity index (χ0n) is 17.9. The van der Waals surface area contributed by atoms with E-state index in [1.54, 1.807) is 12.3 Å². The number of carbonyl (C=O) groups is 1. The molecule has 0 saturated heterocycles. The molecule has 0 radical (unpaired) electrons. The average molecular weight is 431 g/mol. The Morgan fingerprint density at radius 2 is 2.00 bits per heavy atom. The fraction of sp³-hybridized carbons (Fsp3) is 0.217. The number of halogens is 1. The zero-order valence-corrected chi connectivity index (χ0v) is 17.9.